The molecular weight excluding hydrogens is 260 g/mol. The highest BCUT2D eigenvalue weighted by molar-refractivity contribution is 5.85. The van der Waals surface area contributed by atoms with Crippen LogP contribution in [0.25, 0.3) is 0 Å². The van der Waals surface area contributed by atoms with Crippen molar-refractivity contribution in [1.82, 2.24) is 15.3 Å². The maximum atomic E-state index is 4.53. The van der Waals surface area contributed by atoms with Gasteiger partial charge in [-0.3, -0.25) is 0 Å². The Morgan fingerprint density at radius 2 is 2.05 bits per heavy atom. The number of anilines is 2. The maximum Gasteiger partial charge on any atom is 0.227 e. The van der Waals surface area contributed by atoms with Gasteiger partial charge in [-0.15, -0.1) is 12.4 Å². The number of aryl methyl sites for hydroxylation is 2. The van der Waals surface area contributed by atoms with Crippen molar-refractivity contribution in [3.63, 3.8) is 0 Å². The number of hydrogen-bond acceptors (Lipinski definition) is 4. The van der Waals surface area contributed by atoms with E-state index in [1.165, 1.54) is 16.7 Å². The van der Waals surface area contributed by atoms with Gasteiger partial charge < -0.3 is 10.6 Å². The quantitative estimate of drug-likeness (QED) is 0.886. The van der Waals surface area contributed by atoms with E-state index >= 15 is 0 Å². The molecule has 0 bridgehead atoms. The molecule has 100 valence electrons. The number of hydrogen-bond donors (Lipinski definition) is 2. The third-order valence-corrected chi connectivity index (χ3v) is 3.19. The first-order chi connectivity index (χ1) is 8.72. The van der Waals surface area contributed by atoms with E-state index in [0.717, 1.165) is 24.5 Å². The molecule has 2 heterocycles. The number of rotatable bonds is 2. The van der Waals surface area contributed by atoms with Crippen molar-refractivity contribution < 1.29 is 0 Å². The zero-order valence-corrected chi connectivity index (χ0v) is 11.8. The van der Waals surface area contributed by atoms with Gasteiger partial charge >= 0.3 is 0 Å². The topological polar surface area (TPSA) is 49.8 Å². The molecule has 2 aromatic rings. The smallest absolute Gasteiger partial charge is 0.227 e. The van der Waals surface area contributed by atoms with Gasteiger partial charge in [0, 0.05) is 30.5 Å². The van der Waals surface area contributed by atoms with E-state index < -0.39 is 0 Å². The fraction of sp³-hybridized carbons (Fsp3) is 0.286. The fourth-order valence-electron chi connectivity index (χ4n) is 2.19. The molecule has 0 spiro atoms. The number of nitrogens with one attached hydrogen (secondary N) is 2. The van der Waals surface area contributed by atoms with E-state index in [2.05, 4.69) is 52.6 Å². The molecule has 5 heteroatoms. The summed E-state index contributed by atoms with van der Waals surface area (Å²) in [6, 6.07) is 6.31. The van der Waals surface area contributed by atoms with Crippen molar-refractivity contribution in [1.29, 1.82) is 0 Å². The van der Waals surface area contributed by atoms with E-state index in [9.17, 15) is 0 Å². The highest BCUT2D eigenvalue weighted by atomic mass is 35.5. The molecule has 0 saturated carbocycles. The molecular formula is C14H17ClN4. The predicted molar refractivity (Wildman–Crippen MR) is 79.0 cm³/mol. The minimum absolute atomic E-state index is 0. The molecule has 2 N–H and O–H groups in total. The first-order valence-corrected chi connectivity index (χ1v) is 6.12. The van der Waals surface area contributed by atoms with E-state index in [1.807, 2.05) is 6.20 Å². The largest absolute Gasteiger partial charge is 0.324 e. The van der Waals surface area contributed by atoms with Gasteiger partial charge in [-0.2, -0.15) is 0 Å². The molecule has 3 rings (SSSR count). The van der Waals surface area contributed by atoms with Gasteiger partial charge in [0.25, 0.3) is 0 Å². The number of halogens is 1. The van der Waals surface area contributed by atoms with Gasteiger partial charge in [0.15, 0.2) is 0 Å². The molecule has 0 aliphatic carbocycles. The summed E-state index contributed by atoms with van der Waals surface area (Å²) in [5.41, 5.74) is 5.82. The standard InChI is InChI=1S/C14H16N4.ClH/c1-9-3-4-12(10(2)5-9)17-14-16-7-11-6-15-8-13(11)18-14;/h3-5,7,15H,6,8H2,1-2H3,(H,16,17,18);1H. The van der Waals surface area contributed by atoms with Gasteiger partial charge in [-0.05, 0) is 25.5 Å². The summed E-state index contributed by atoms with van der Waals surface area (Å²) < 4.78 is 0. The van der Waals surface area contributed by atoms with Crippen LogP contribution in [0.2, 0.25) is 0 Å². The number of fused-ring (bicyclic) bond motifs is 1. The van der Waals surface area contributed by atoms with Gasteiger partial charge in [0.2, 0.25) is 5.95 Å². The summed E-state index contributed by atoms with van der Waals surface area (Å²) in [5, 5.41) is 6.55. The van der Waals surface area contributed by atoms with Crippen molar-refractivity contribution in [3.8, 4) is 0 Å². The number of benzene rings is 1. The van der Waals surface area contributed by atoms with Crippen molar-refractivity contribution in [2.45, 2.75) is 26.9 Å². The van der Waals surface area contributed by atoms with Crippen LogP contribution < -0.4 is 10.6 Å². The van der Waals surface area contributed by atoms with E-state index in [1.54, 1.807) is 0 Å². The minimum Gasteiger partial charge on any atom is -0.324 e. The lowest BCUT2D eigenvalue weighted by molar-refractivity contribution is 0.758. The average molecular weight is 277 g/mol. The van der Waals surface area contributed by atoms with Gasteiger partial charge in [-0.1, -0.05) is 17.7 Å². The second-order valence-corrected chi connectivity index (χ2v) is 4.71. The van der Waals surface area contributed by atoms with Crippen LogP contribution >= 0.6 is 12.4 Å². The van der Waals surface area contributed by atoms with Crippen LogP contribution in [0, 0.1) is 13.8 Å². The number of nitrogens with zero attached hydrogens (tertiary/aromatic N) is 2. The molecule has 19 heavy (non-hydrogen) atoms. The van der Waals surface area contributed by atoms with Crippen LogP contribution in [-0.2, 0) is 13.1 Å². The Kier molecular flexibility index (Phi) is 4.02. The van der Waals surface area contributed by atoms with Crippen molar-refractivity contribution >= 4 is 24.0 Å². The first-order valence-electron chi connectivity index (χ1n) is 6.12. The van der Waals surface area contributed by atoms with Crippen LogP contribution in [0.15, 0.2) is 24.4 Å². The van der Waals surface area contributed by atoms with Crippen molar-refractivity contribution in [3.05, 3.63) is 46.8 Å². The predicted octanol–water partition coefficient (Wildman–Crippen LogP) is 2.86. The van der Waals surface area contributed by atoms with Crippen molar-refractivity contribution in [2.24, 2.45) is 0 Å². The lowest BCUT2D eigenvalue weighted by Gasteiger charge is -2.09. The summed E-state index contributed by atoms with van der Waals surface area (Å²) in [5.74, 6) is 0.671. The highest BCUT2D eigenvalue weighted by Crippen LogP contribution is 2.20. The zero-order valence-electron chi connectivity index (χ0n) is 11.0. The second-order valence-electron chi connectivity index (χ2n) is 4.71. The molecule has 1 aliphatic rings. The molecule has 0 radical (unpaired) electrons. The van der Waals surface area contributed by atoms with E-state index in [-0.39, 0.29) is 12.4 Å². The number of aromatic nitrogens is 2. The Hall–Kier alpha value is -1.65. The van der Waals surface area contributed by atoms with Crippen LogP contribution in [0.3, 0.4) is 0 Å². The molecule has 0 saturated heterocycles. The summed E-state index contributed by atoms with van der Waals surface area (Å²) in [6.07, 6.45) is 1.90. The Bertz CT molecular complexity index is 598. The van der Waals surface area contributed by atoms with Crippen molar-refractivity contribution in [2.75, 3.05) is 5.32 Å². The maximum absolute atomic E-state index is 4.53. The zero-order chi connectivity index (χ0) is 12.5. The molecule has 1 aliphatic heterocycles. The summed E-state index contributed by atoms with van der Waals surface area (Å²) in [4.78, 5) is 8.87. The fourth-order valence-corrected chi connectivity index (χ4v) is 2.19. The summed E-state index contributed by atoms with van der Waals surface area (Å²) in [7, 11) is 0. The molecule has 0 fully saturated rings. The average Bonchev–Trinajstić information content (AvgIpc) is 2.80. The SMILES string of the molecule is Cc1ccc(Nc2ncc3c(n2)CNC3)c(C)c1.Cl. The lowest BCUT2D eigenvalue weighted by atomic mass is 10.1. The summed E-state index contributed by atoms with van der Waals surface area (Å²) >= 11 is 0. The molecule has 4 nitrogen and oxygen atoms in total. The molecule has 0 atom stereocenters. The summed E-state index contributed by atoms with van der Waals surface area (Å²) in [6.45, 7) is 5.89. The van der Waals surface area contributed by atoms with Gasteiger partial charge in [0.05, 0.1) is 5.69 Å². The third kappa shape index (κ3) is 2.85. The Morgan fingerprint density at radius 3 is 2.84 bits per heavy atom. The van der Waals surface area contributed by atoms with E-state index in [4.69, 9.17) is 0 Å². The molecule has 1 aromatic heterocycles. The molecule has 1 aromatic carbocycles. The Balaban J connectivity index is 0.00000133. The monoisotopic (exact) mass is 276 g/mol. The molecule has 0 unspecified atom stereocenters. The Labute approximate surface area is 119 Å². The first kappa shape index (κ1) is 13.8. The van der Waals surface area contributed by atoms with Crippen LogP contribution in [-0.4, -0.2) is 9.97 Å². The van der Waals surface area contributed by atoms with Gasteiger partial charge in [0.1, 0.15) is 0 Å². The normalized spacial score (nSPS) is 12.7. The minimum atomic E-state index is 0. The lowest BCUT2D eigenvalue weighted by Crippen LogP contribution is -2.02. The van der Waals surface area contributed by atoms with Gasteiger partial charge in [-0.25, -0.2) is 9.97 Å². The molecule has 0 amide bonds. The van der Waals surface area contributed by atoms with Crippen LogP contribution in [0.5, 0.6) is 0 Å². The Morgan fingerprint density at radius 1 is 1.21 bits per heavy atom. The van der Waals surface area contributed by atoms with Crippen LogP contribution in [0.1, 0.15) is 22.4 Å². The highest BCUT2D eigenvalue weighted by Gasteiger charge is 2.12. The second kappa shape index (κ2) is 5.55. The van der Waals surface area contributed by atoms with Crippen LogP contribution in [0.4, 0.5) is 11.6 Å². The van der Waals surface area contributed by atoms with E-state index in [0.29, 0.717) is 5.95 Å². The third-order valence-electron chi connectivity index (χ3n) is 3.19.